The first-order valence-corrected chi connectivity index (χ1v) is 8.71. The van der Waals surface area contributed by atoms with E-state index in [1.807, 2.05) is 6.07 Å². The van der Waals surface area contributed by atoms with Crippen molar-refractivity contribution in [2.75, 3.05) is 0 Å². The molecule has 0 radical (unpaired) electrons. The molecule has 0 unspecified atom stereocenters. The Morgan fingerprint density at radius 1 is 1.35 bits per heavy atom. The number of aromatic nitrogens is 1. The highest BCUT2D eigenvalue weighted by molar-refractivity contribution is 6.74. The standard InChI is InChI=1S/C13H21NO2Si/c1-13(2,3)17(4,5)16-10-11-6-7-12(9-15)14-8-11/h6-9H,10H2,1-5H3. The lowest BCUT2D eigenvalue weighted by Crippen LogP contribution is -2.40. The van der Waals surface area contributed by atoms with Crippen molar-refractivity contribution >= 4 is 14.6 Å². The molecule has 1 rings (SSSR count). The number of hydrogen-bond acceptors (Lipinski definition) is 3. The van der Waals surface area contributed by atoms with Crippen LogP contribution in [0.1, 0.15) is 36.8 Å². The lowest BCUT2D eigenvalue weighted by molar-refractivity contribution is 0.111. The van der Waals surface area contributed by atoms with Crippen LogP contribution in [0.4, 0.5) is 0 Å². The van der Waals surface area contributed by atoms with E-state index in [1.165, 1.54) is 0 Å². The summed E-state index contributed by atoms with van der Waals surface area (Å²) in [5, 5.41) is 0.211. The van der Waals surface area contributed by atoms with Crippen molar-refractivity contribution in [2.45, 2.75) is 45.5 Å². The van der Waals surface area contributed by atoms with E-state index in [0.29, 0.717) is 12.3 Å². The molecule has 0 atom stereocenters. The van der Waals surface area contributed by atoms with Crippen LogP contribution in [0.25, 0.3) is 0 Å². The van der Waals surface area contributed by atoms with Gasteiger partial charge in [-0.05, 0) is 29.8 Å². The second-order valence-electron chi connectivity index (χ2n) is 5.76. The maximum Gasteiger partial charge on any atom is 0.192 e. The average Bonchev–Trinajstić information content (AvgIpc) is 2.25. The number of hydrogen-bond donors (Lipinski definition) is 0. The third kappa shape index (κ3) is 3.75. The van der Waals surface area contributed by atoms with E-state index in [-0.39, 0.29) is 5.04 Å². The quantitative estimate of drug-likeness (QED) is 0.608. The molecule has 0 aliphatic rings. The van der Waals surface area contributed by atoms with Gasteiger partial charge in [-0.15, -0.1) is 0 Å². The van der Waals surface area contributed by atoms with Crippen molar-refractivity contribution in [1.29, 1.82) is 0 Å². The average molecular weight is 251 g/mol. The fraction of sp³-hybridized carbons (Fsp3) is 0.538. The van der Waals surface area contributed by atoms with Crippen molar-refractivity contribution < 1.29 is 9.22 Å². The Kier molecular flexibility index (Phi) is 4.22. The highest BCUT2D eigenvalue weighted by Gasteiger charge is 2.36. The third-order valence-electron chi connectivity index (χ3n) is 3.37. The summed E-state index contributed by atoms with van der Waals surface area (Å²) in [7, 11) is -1.71. The van der Waals surface area contributed by atoms with E-state index in [4.69, 9.17) is 4.43 Å². The molecular weight excluding hydrogens is 230 g/mol. The summed E-state index contributed by atoms with van der Waals surface area (Å²) < 4.78 is 6.06. The molecule has 1 aromatic rings. The molecule has 0 N–H and O–H groups in total. The van der Waals surface area contributed by atoms with Crippen LogP contribution in [-0.4, -0.2) is 19.6 Å². The number of nitrogens with zero attached hydrogens (tertiary/aromatic N) is 1. The van der Waals surface area contributed by atoms with E-state index in [9.17, 15) is 4.79 Å². The maximum atomic E-state index is 10.5. The number of pyridine rings is 1. The Balaban J connectivity index is 2.64. The molecule has 0 bridgehead atoms. The Morgan fingerprint density at radius 3 is 2.41 bits per heavy atom. The van der Waals surface area contributed by atoms with Crippen LogP contribution in [0.15, 0.2) is 18.3 Å². The van der Waals surface area contributed by atoms with Gasteiger partial charge in [0.25, 0.3) is 0 Å². The maximum absolute atomic E-state index is 10.5. The highest BCUT2D eigenvalue weighted by atomic mass is 28.4. The van der Waals surface area contributed by atoms with E-state index in [2.05, 4.69) is 38.8 Å². The minimum absolute atomic E-state index is 0.211. The zero-order chi connectivity index (χ0) is 13.1. The molecule has 1 aromatic heterocycles. The van der Waals surface area contributed by atoms with Crippen LogP contribution in [0.5, 0.6) is 0 Å². The van der Waals surface area contributed by atoms with Crippen LogP contribution >= 0.6 is 0 Å². The molecule has 0 saturated carbocycles. The highest BCUT2D eigenvalue weighted by Crippen LogP contribution is 2.36. The summed E-state index contributed by atoms with van der Waals surface area (Å²) in [4.78, 5) is 14.5. The van der Waals surface area contributed by atoms with Crippen molar-refractivity contribution in [3.8, 4) is 0 Å². The topological polar surface area (TPSA) is 39.2 Å². The number of carbonyl (C=O) groups excluding carboxylic acids is 1. The smallest absolute Gasteiger partial charge is 0.192 e. The Labute approximate surface area is 104 Å². The van der Waals surface area contributed by atoms with E-state index in [1.54, 1.807) is 12.3 Å². The van der Waals surface area contributed by atoms with Crippen LogP contribution in [0, 0.1) is 0 Å². The number of carbonyl (C=O) groups is 1. The predicted molar refractivity (Wildman–Crippen MR) is 71.6 cm³/mol. The van der Waals surface area contributed by atoms with Gasteiger partial charge >= 0.3 is 0 Å². The van der Waals surface area contributed by atoms with Gasteiger partial charge < -0.3 is 4.43 Å². The van der Waals surface area contributed by atoms with Gasteiger partial charge in [0.2, 0.25) is 0 Å². The molecule has 4 heteroatoms. The van der Waals surface area contributed by atoms with Gasteiger partial charge in [0.15, 0.2) is 14.6 Å². The van der Waals surface area contributed by atoms with Gasteiger partial charge in [0, 0.05) is 6.20 Å². The summed E-state index contributed by atoms with van der Waals surface area (Å²) in [6.07, 6.45) is 2.45. The van der Waals surface area contributed by atoms with Gasteiger partial charge in [-0.2, -0.15) is 0 Å². The molecule has 0 aliphatic carbocycles. The largest absolute Gasteiger partial charge is 0.413 e. The van der Waals surface area contributed by atoms with Gasteiger partial charge in [-0.3, -0.25) is 9.78 Å². The zero-order valence-corrected chi connectivity index (χ0v) is 12.3. The van der Waals surface area contributed by atoms with E-state index >= 15 is 0 Å². The summed E-state index contributed by atoms with van der Waals surface area (Å²) in [5.41, 5.74) is 1.47. The molecule has 3 nitrogen and oxygen atoms in total. The predicted octanol–water partition coefficient (Wildman–Crippen LogP) is 3.42. The molecule has 0 aliphatic heterocycles. The summed E-state index contributed by atoms with van der Waals surface area (Å²) >= 11 is 0. The SMILES string of the molecule is CC(C)(C)[Si](C)(C)OCc1ccc(C=O)nc1. The van der Waals surface area contributed by atoms with Crippen molar-refractivity contribution in [2.24, 2.45) is 0 Å². The van der Waals surface area contributed by atoms with Crippen molar-refractivity contribution in [1.82, 2.24) is 4.98 Å². The molecular formula is C13H21NO2Si. The zero-order valence-electron chi connectivity index (χ0n) is 11.3. The van der Waals surface area contributed by atoms with Gasteiger partial charge in [0.05, 0.1) is 6.61 Å². The van der Waals surface area contributed by atoms with Crippen LogP contribution < -0.4 is 0 Å². The van der Waals surface area contributed by atoms with Crippen LogP contribution in [0.3, 0.4) is 0 Å². The minimum Gasteiger partial charge on any atom is -0.413 e. The number of aldehydes is 1. The second-order valence-corrected chi connectivity index (χ2v) is 10.6. The first-order chi connectivity index (χ1) is 7.76. The molecule has 1 heterocycles. The Bertz CT molecular complexity index is 379. The molecule has 0 aromatic carbocycles. The van der Waals surface area contributed by atoms with E-state index in [0.717, 1.165) is 11.8 Å². The lowest BCUT2D eigenvalue weighted by atomic mass is 10.2. The van der Waals surface area contributed by atoms with Gasteiger partial charge in [-0.1, -0.05) is 26.8 Å². The molecule has 0 saturated heterocycles. The van der Waals surface area contributed by atoms with Gasteiger partial charge in [-0.25, -0.2) is 0 Å². The summed E-state index contributed by atoms with van der Waals surface area (Å²) in [5.74, 6) is 0. The lowest BCUT2D eigenvalue weighted by Gasteiger charge is -2.36. The Morgan fingerprint density at radius 2 is 2.00 bits per heavy atom. The fourth-order valence-corrected chi connectivity index (χ4v) is 2.03. The normalized spacial score (nSPS) is 12.5. The molecule has 94 valence electrons. The Hall–Kier alpha value is -1.00. The fourth-order valence-electron chi connectivity index (χ4n) is 1.07. The molecule has 0 fully saturated rings. The van der Waals surface area contributed by atoms with Crippen LogP contribution in [-0.2, 0) is 11.0 Å². The minimum atomic E-state index is -1.71. The van der Waals surface area contributed by atoms with Crippen molar-refractivity contribution in [3.63, 3.8) is 0 Å². The first-order valence-electron chi connectivity index (χ1n) is 5.80. The molecule has 0 amide bonds. The summed E-state index contributed by atoms with van der Waals surface area (Å²) in [6.45, 7) is 11.7. The third-order valence-corrected chi connectivity index (χ3v) is 7.85. The second kappa shape index (κ2) is 5.10. The van der Waals surface area contributed by atoms with Crippen molar-refractivity contribution in [3.05, 3.63) is 29.6 Å². The van der Waals surface area contributed by atoms with Gasteiger partial charge in [0.1, 0.15) is 5.69 Å². The van der Waals surface area contributed by atoms with E-state index < -0.39 is 8.32 Å². The molecule has 17 heavy (non-hydrogen) atoms. The first kappa shape index (κ1) is 14.1. The number of rotatable bonds is 4. The molecule has 0 spiro atoms. The monoisotopic (exact) mass is 251 g/mol. The van der Waals surface area contributed by atoms with Crippen LogP contribution in [0.2, 0.25) is 18.1 Å². The summed E-state index contributed by atoms with van der Waals surface area (Å²) in [6, 6.07) is 3.61.